The molecule has 2 rings (SSSR count). The molecule has 5 unspecified atom stereocenters. The first kappa shape index (κ1) is 12.8. The summed E-state index contributed by atoms with van der Waals surface area (Å²) in [6.45, 7) is 6.96. The van der Waals surface area contributed by atoms with Crippen LogP contribution in [0.1, 0.15) is 52.9 Å². The van der Waals surface area contributed by atoms with Gasteiger partial charge in [-0.25, -0.2) is 0 Å². The minimum absolute atomic E-state index is 0.364. The third kappa shape index (κ3) is 2.28. The molecule has 0 bridgehead atoms. The Morgan fingerprint density at radius 2 is 1.88 bits per heavy atom. The molecule has 2 heteroatoms. The largest absolute Gasteiger partial charge is 0.388 e. The molecule has 0 amide bonds. The van der Waals surface area contributed by atoms with Gasteiger partial charge in [-0.3, -0.25) is 0 Å². The number of aliphatic hydroxyl groups is 1. The first-order valence-electron chi connectivity index (χ1n) is 6.88. The first-order chi connectivity index (χ1) is 7.54. The molecule has 0 aromatic rings. The molecule has 1 aliphatic heterocycles. The van der Waals surface area contributed by atoms with Crippen LogP contribution in [-0.4, -0.2) is 21.7 Å². The van der Waals surface area contributed by atoms with E-state index in [1.165, 1.54) is 31.4 Å². The van der Waals surface area contributed by atoms with Gasteiger partial charge in [0, 0.05) is 5.25 Å². The molecule has 94 valence electrons. The Morgan fingerprint density at radius 3 is 2.50 bits per heavy atom. The molecule has 16 heavy (non-hydrogen) atoms. The summed E-state index contributed by atoms with van der Waals surface area (Å²) in [4.78, 5) is 0. The number of hydrogen-bond acceptors (Lipinski definition) is 2. The SMILES string of the molecule is CC1CCC(C2(O)CCCSC2C)CC1C. The van der Waals surface area contributed by atoms with Crippen molar-refractivity contribution in [3.8, 4) is 0 Å². The molecule has 0 aromatic carbocycles. The summed E-state index contributed by atoms with van der Waals surface area (Å²) >= 11 is 1.97. The molecule has 1 saturated carbocycles. The van der Waals surface area contributed by atoms with Gasteiger partial charge in [-0.2, -0.15) is 11.8 Å². The van der Waals surface area contributed by atoms with Crippen LogP contribution in [0.25, 0.3) is 0 Å². The van der Waals surface area contributed by atoms with Crippen LogP contribution in [0.15, 0.2) is 0 Å². The highest BCUT2D eigenvalue weighted by Crippen LogP contribution is 2.46. The Kier molecular flexibility index (Phi) is 3.90. The summed E-state index contributed by atoms with van der Waals surface area (Å²) in [5.74, 6) is 3.44. The van der Waals surface area contributed by atoms with Crippen molar-refractivity contribution < 1.29 is 5.11 Å². The fourth-order valence-corrected chi connectivity index (χ4v) is 4.76. The zero-order chi connectivity index (χ0) is 11.8. The van der Waals surface area contributed by atoms with Crippen LogP contribution in [0.4, 0.5) is 0 Å². The second kappa shape index (κ2) is 4.89. The second-order valence-electron chi connectivity index (χ2n) is 6.07. The predicted octanol–water partition coefficient (Wildman–Crippen LogP) is 3.71. The average Bonchev–Trinajstić information content (AvgIpc) is 2.26. The lowest BCUT2D eigenvalue weighted by molar-refractivity contribution is -0.0542. The minimum atomic E-state index is -0.364. The standard InChI is InChI=1S/C14H26OS/c1-10-5-6-13(9-11(10)2)14(15)7-4-8-16-12(14)3/h10-13,15H,4-9H2,1-3H3. The molecule has 2 aliphatic rings. The summed E-state index contributed by atoms with van der Waals surface area (Å²) in [7, 11) is 0. The third-order valence-corrected chi connectivity index (χ3v) is 6.53. The molecule has 1 heterocycles. The molecule has 0 radical (unpaired) electrons. The summed E-state index contributed by atoms with van der Waals surface area (Å²) in [5.41, 5.74) is -0.364. The quantitative estimate of drug-likeness (QED) is 0.756. The van der Waals surface area contributed by atoms with E-state index in [0.717, 1.165) is 18.3 Å². The molecule has 0 spiro atoms. The van der Waals surface area contributed by atoms with Crippen molar-refractivity contribution in [3.05, 3.63) is 0 Å². The Labute approximate surface area is 104 Å². The molecule has 5 atom stereocenters. The van der Waals surface area contributed by atoms with Gasteiger partial charge in [0.2, 0.25) is 0 Å². The molecular formula is C14H26OS. The molecule has 0 aromatic heterocycles. The minimum Gasteiger partial charge on any atom is -0.388 e. The van der Waals surface area contributed by atoms with Gasteiger partial charge in [0.25, 0.3) is 0 Å². The van der Waals surface area contributed by atoms with E-state index < -0.39 is 0 Å². The van der Waals surface area contributed by atoms with E-state index in [9.17, 15) is 5.11 Å². The molecule has 1 saturated heterocycles. The summed E-state index contributed by atoms with van der Waals surface area (Å²) in [6, 6.07) is 0. The lowest BCUT2D eigenvalue weighted by Crippen LogP contribution is -2.50. The molecular weight excluding hydrogens is 216 g/mol. The smallest absolute Gasteiger partial charge is 0.0791 e. The van der Waals surface area contributed by atoms with Crippen molar-refractivity contribution in [2.75, 3.05) is 5.75 Å². The lowest BCUT2D eigenvalue weighted by Gasteiger charge is -2.47. The average molecular weight is 242 g/mol. The Hall–Kier alpha value is 0.310. The maximum Gasteiger partial charge on any atom is 0.0791 e. The van der Waals surface area contributed by atoms with Crippen molar-refractivity contribution in [1.82, 2.24) is 0 Å². The number of hydrogen-bond donors (Lipinski definition) is 1. The summed E-state index contributed by atoms with van der Waals surface area (Å²) in [5, 5.41) is 11.4. The van der Waals surface area contributed by atoms with Gasteiger partial charge < -0.3 is 5.11 Å². The zero-order valence-corrected chi connectivity index (χ0v) is 11.7. The van der Waals surface area contributed by atoms with Crippen LogP contribution in [0.3, 0.4) is 0 Å². The van der Waals surface area contributed by atoms with E-state index >= 15 is 0 Å². The molecule has 1 N–H and O–H groups in total. The number of rotatable bonds is 1. The van der Waals surface area contributed by atoms with E-state index in [1.807, 2.05) is 11.8 Å². The topological polar surface area (TPSA) is 20.2 Å². The van der Waals surface area contributed by atoms with Crippen LogP contribution < -0.4 is 0 Å². The monoisotopic (exact) mass is 242 g/mol. The van der Waals surface area contributed by atoms with E-state index in [2.05, 4.69) is 20.8 Å². The van der Waals surface area contributed by atoms with E-state index in [-0.39, 0.29) is 5.60 Å². The van der Waals surface area contributed by atoms with Crippen LogP contribution in [-0.2, 0) is 0 Å². The van der Waals surface area contributed by atoms with Gasteiger partial charge in [0.1, 0.15) is 0 Å². The van der Waals surface area contributed by atoms with Crippen molar-refractivity contribution >= 4 is 11.8 Å². The third-order valence-electron chi connectivity index (χ3n) is 5.10. The fraction of sp³-hybridized carbons (Fsp3) is 1.00. The van der Waals surface area contributed by atoms with Crippen molar-refractivity contribution in [2.24, 2.45) is 17.8 Å². The summed E-state index contributed by atoms with van der Waals surface area (Å²) in [6.07, 6.45) is 6.03. The van der Waals surface area contributed by atoms with Crippen molar-refractivity contribution in [1.29, 1.82) is 0 Å². The highest BCUT2D eigenvalue weighted by atomic mass is 32.2. The fourth-order valence-electron chi connectivity index (χ4n) is 3.50. The van der Waals surface area contributed by atoms with Crippen LogP contribution >= 0.6 is 11.8 Å². The second-order valence-corrected chi connectivity index (χ2v) is 7.52. The summed E-state index contributed by atoms with van der Waals surface area (Å²) < 4.78 is 0. The first-order valence-corrected chi connectivity index (χ1v) is 7.93. The van der Waals surface area contributed by atoms with Crippen molar-refractivity contribution in [3.63, 3.8) is 0 Å². The van der Waals surface area contributed by atoms with Gasteiger partial charge in [-0.15, -0.1) is 0 Å². The maximum absolute atomic E-state index is 10.9. The molecule has 2 fully saturated rings. The van der Waals surface area contributed by atoms with Gasteiger partial charge >= 0.3 is 0 Å². The number of thioether (sulfide) groups is 1. The van der Waals surface area contributed by atoms with Crippen LogP contribution in [0, 0.1) is 17.8 Å². The van der Waals surface area contributed by atoms with E-state index in [4.69, 9.17) is 0 Å². The van der Waals surface area contributed by atoms with E-state index in [1.54, 1.807) is 0 Å². The normalized spacial score (nSPS) is 50.2. The van der Waals surface area contributed by atoms with Crippen molar-refractivity contribution in [2.45, 2.75) is 63.7 Å². The van der Waals surface area contributed by atoms with Crippen LogP contribution in [0.5, 0.6) is 0 Å². The Balaban J connectivity index is 2.05. The zero-order valence-electron chi connectivity index (χ0n) is 10.9. The highest BCUT2D eigenvalue weighted by Gasteiger charge is 2.45. The Bertz CT molecular complexity index is 243. The maximum atomic E-state index is 10.9. The van der Waals surface area contributed by atoms with Gasteiger partial charge in [0.15, 0.2) is 0 Å². The van der Waals surface area contributed by atoms with Gasteiger partial charge in [-0.05, 0) is 49.2 Å². The Morgan fingerprint density at radius 1 is 1.12 bits per heavy atom. The molecule has 1 aliphatic carbocycles. The van der Waals surface area contributed by atoms with Gasteiger partial charge in [0.05, 0.1) is 5.60 Å². The van der Waals surface area contributed by atoms with Gasteiger partial charge in [-0.1, -0.05) is 27.2 Å². The lowest BCUT2D eigenvalue weighted by atomic mass is 9.67. The van der Waals surface area contributed by atoms with Crippen LogP contribution in [0.2, 0.25) is 0 Å². The highest BCUT2D eigenvalue weighted by molar-refractivity contribution is 8.00. The molecule has 1 nitrogen and oxygen atoms in total. The predicted molar refractivity (Wildman–Crippen MR) is 71.8 cm³/mol. The van der Waals surface area contributed by atoms with E-state index in [0.29, 0.717) is 11.2 Å².